The molecule has 60 valence electrons. The van der Waals surface area contributed by atoms with Crippen LogP contribution in [0.1, 0.15) is 0 Å². The molecule has 3 heteroatoms. The first kappa shape index (κ1) is 6.91. The van der Waals surface area contributed by atoms with Gasteiger partial charge in [0, 0.05) is 24.3 Å². The number of anilines is 1. The maximum absolute atomic E-state index is 5.57. The van der Waals surface area contributed by atoms with Crippen molar-refractivity contribution in [2.75, 3.05) is 5.73 Å². The summed E-state index contributed by atoms with van der Waals surface area (Å²) in [6.07, 6.45) is 7.30. The summed E-state index contributed by atoms with van der Waals surface area (Å²) < 4.78 is 1.93. The van der Waals surface area contributed by atoms with Gasteiger partial charge in [-0.2, -0.15) is 0 Å². The molecule has 0 radical (unpaired) electrons. The minimum atomic E-state index is 0.763. The van der Waals surface area contributed by atoms with Crippen LogP contribution in [0.3, 0.4) is 0 Å². The van der Waals surface area contributed by atoms with Crippen molar-refractivity contribution in [3.8, 4) is 5.69 Å². The molecule has 2 rings (SSSR count). The molecule has 0 spiro atoms. The first-order valence-corrected chi connectivity index (χ1v) is 3.70. The SMILES string of the molecule is Nc1ccn(-c2cccnc2)c1. The Kier molecular flexibility index (Phi) is 1.55. The van der Waals surface area contributed by atoms with E-state index in [9.17, 15) is 0 Å². The molecular formula is C9H9N3. The highest BCUT2D eigenvalue weighted by Crippen LogP contribution is 2.09. The van der Waals surface area contributed by atoms with Crippen LogP contribution in [0, 0.1) is 0 Å². The van der Waals surface area contributed by atoms with Crippen LogP contribution < -0.4 is 5.73 Å². The number of nitrogens with two attached hydrogens (primary N) is 1. The molecule has 0 saturated carbocycles. The zero-order valence-corrected chi connectivity index (χ0v) is 6.51. The smallest absolute Gasteiger partial charge is 0.0634 e. The van der Waals surface area contributed by atoms with Crippen LogP contribution in [0.2, 0.25) is 0 Å². The maximum atomic E-state index is 5.57. The van der Waals surface area contributed by atoms with Crippen LogP contribution in [-0.4, -0.2) is 9.55 Å². The van der Waals surface area contributed by atoms with E-state index in [-0.39, 0.29) is 0 Å². The largest absolute Gasteiger partial charge is 0.397 e. The van der Waals surface area contributed by atoms with Crippen molar-refractivity contribution in [3.05, 3.63) is 43.0 Å². The summed E-state index contributed by atoms with van der Waals surface area (Å²) in [4.78, 5) is 4.01. The number of nitrogens with zero attached hydrogens (tertiary/aromatic N) is 2. The molecule has 2 aromatic heterocycles. The van der Waals surface area contributed by atoms with Crippen molar-refractivity contribution in [1.82, 2.24) is 9.55 Å². The van der Waals surface area contributed by atoms with Gasteiger partial charge in [-0.3, -0.25) is 4.98 Å². The highest BCUT2D eigenvalue weighted by Gasteiger charge is 1.94. The van der Waals surface area contributed by atoms with Gasteiger partial charge in [0.05, 0.1) is 11.9 Å². The number of hydrogen-bond donors (Lipinski definition) is 1. The van der Waals surface area contributed by atoms with E-state index in [1.165, 1.54) is 0 Å². The molecule has 0 unspecified atom stereocenters. The van der Waals surface area contributed by atoms with Crippen molar-refractivity contribution in [2.45, 2.75) is 0 Å². The lowest BCUT2D eigenvalue weighted by Crippen LogP contribution is -1.89. The number of pyridine rings is 1. The Hall–Kier alpha value is -1.77. The summed E-state index contributed by atoms with van der Waals surface area (Å²) in [5.41, 5.74) is 7.36. The van der Waals surface area contributed by atoms with Gasteiger partial charge in [0.15, 0.2) is 0 Å². The minimum absolute atomic E-state index is 0.763. The van der Waals surface area contributed by atoms with Gasteiger partial charge < -0.3 is 10.3 Å². The van der Waals surface area contributed by atoms with Gasteiger partial charge >= 0.3 is 0 Å². The molecule has 0 bridgehead atoms. The molecule has 3 nitrogen and oxygen atoms in total. The van der Waals surface area contributed by atoms with Gasteiger partial charge in [0.2, 0.25) is 0 Å². The average molecular weight is 159 g/mol. The second kappa shape index (κ2) is 2.70. The summed E-state index contributed by atoms with van der Waals surface area (Å²) >= 11 is 0. The summed E-state index contributed by atoms with van der Waals surface area (Å²) in [5.74, 6) is 0. The molecule has 0 aliphatic carbocycles. The fourth-order valence-electron chi connectivity index (χ4n) is 1.08. The van der Waals surface area contributed by atoms with Crippen molar-refractivity contribution in [2.24, 2.45) is 0 Å². The van der Waals surface area contributed by atoms with E-state index < -0.39 is 0 Å². The molecule has 0 aromatic carbocycles. The highest BCUT2D eigenvalue weighted by molar-refractivity contribution is 5.40. The maximum Gasteiger partial charge on any atom is 0.0634 e. The standard InChI is InChI=1S/C9H9N3/c10-8-3-5-12(7-8)9-2-1-4-11-6-9/h1-7H,10H2. The van der Waals surface area contributed by atoms with Gasteiger partial charge in [-0.1, -0.05) is 0 Å². The van der Waals surface area contributed by atoms with Gasteiger partial charge in [0.1, 0.15) is 0 Å². The molecular weight excluding hydrogens is 150 g/mol. The van der Waals surface area contributed by atoms with Crippen molar-refractivity contribution < 1.29 is 0 Å². The zero-order chi connectivity index (χ0) is 8.39. The van der Waals surface area contributed by atoms with Crippen molar-refractivity contribution >= 4 is 5.69 Å². The number of rotatable bonds is 1. The molecule has 0 fully saturated rings. The summed E-state index contributed by atoms with van der Waals surface area (Å²) in [5, 5.41) is 0. The van der Waals surface area contributed by atoms with Crippen LogP contribution in [0.15, 0.2) is 43.0 Å². The molecule has 0 atom stereocenters. The Balaban J connectivity index is 2.45. The van der Waals surface area contributed by atoms with Gasteiger partial charge in [-0.15, -0.1) is 0 Å². The van der Waals surface area contributed by atoms with E-state index in [0.29, 0.717) is 0 Å². The molecule has 0 aliphatic rings. The Morgan fingerprint density at radius 2 is 2.25 bits per heavy atom. The quantitative estimate of drug-likeness (QED) is 0.684. The zero-order valence-electron chi connectivity index (χ0n) is 6.51. The third-order valence-electron chi connectivity index (χ3n) is 1.66. The molecule has 12 heavy (non-hydrogen) atoms. The molecule has 2 heterocycles. The third kappa shape index (κ3) is 1.16. The lowest BCUT2D eigenvalue weighted by molar-refractivity contribution is 1.06. The van der Waals surface area contributed by atoms with E-state index in [2.05, 4.69) is 4.98 Å². The van der Waals surface area contributed by atoms with E-state index in [4.69, 9.17) is 5.73 Å². The fourth-order valence-corrected chi connectivity index (χ4v) is 1.08. The number of hydrogen-bond acceptors (Lipinski definition) is 2. The van der Waals surface area contributed by atoms with E-state index in [0.717, 1.165) is 11.4 Å². The van der Waals surface area contributed by atoms with Gasteiger partial charge in [-0.05, 0) is 18.2 Å². The summed E-state index contributed by atoms with van der Waals surface area (Å²) in [6, 6.07) is 5.73. The Morgan fingerprint density at radius 1 is 1.33 bits per heavy atom. The number of nitrogen functional groups attached to an aromatic ring is 1. The topological polar surface area (TPSA) is 43.8 Å². The minimum Gasteiger partial charge on any atom is -0.397 e. The van der Waals surface area contributed by atoms with Crippen LogP contribution in [-0.2, 0) is 0 Å². The Labute approximate surface area is 70.5 Å². The lowest BCUT2D eigenvalue weighted by Gasteiger charge is -1.99. The second-order valence-electron chi connectivity index (χ2n) is 2.56. The first-order chi connectivity index (χ1) is 5.86. The Bertz CT molecular complexity index is 364. The van der Waals surface area contributed by atoms with Crippen LogP contribution in [0.25, 0.3) is 5.69 Å². The lowest BCUT2D eigenvalue weighted by atomic mass is 10.4. The predicted octanol–water partition coefficient (Wildman–Crippen LogP) is 1.45. The first-order valence-electron chi connectivity index (χ1n) is 3.70. The molecule has 0 aliphatic heterocycles. The molecule has 0 saturated heterocycles. The van der Waals surface area contributed by atoms with Gasteiger partial charge in [-0.25, -0.2) is 0 Å². The van der Waals surface area contributed by atoms with E-state index in [1.54, 1.807) is 12.4 Å². The summed E-state index contributed by atoms with van der Waals surface area (Å²) in [7, 11) is 0. The molecule has 2 N–H and O–H groups in total. The van der Waals surface area contributed by atoms with E-state index in [1.807, 2.05) is 35.2 Å². The molecule has 2 aromatic rings. The van der Waals surface area contributed by atoms with Crippen molar-refractivity contribution in [1.29, 1.82) is 0 Å². The third-order valence-corrected chi connectivity index (χ3v) is 1.66. The van der Waals surface area contributed by atoms with Crippen LogP contribution >= 0.6 is 0 Å². The van der Waals surface area contributed by atoms with Gasteiger partial charge in [0.25, 0.3) is 0 Å². The highest BCUT2D eigenvalue weighted by atomic mass is 15.0. The predicted molar refractivity (Wildman–Crippen MR) is 48.0 cm³/mol. The average Bonchev–Trinajstić information content (AvgIpc) is 2.54. The monoisotopic (exact) mass is 159 g/mol. The number of aromatic nitrogens is 2. The normalized spacial score (nSPS) is 10.0. The summed E-state index contributed by atoms with van der Waals surface area (Å²) in [6.45, 7) is 0. The molecule has 0 amide bonds. The second-order valence-corrected chi connectivity index (χ2v) is 2.56. The van der Waals surface area contributed by atoms with Crippen molar-refractivity contribution in [3.63, 3.8) is 0 Å². The fraction of sp³-hybridized carbons (Fsp3) is 0. The van der Waals surface area contributed by atoms with E-state index >= 15 is 0 Å². The van der Waals surface area contributed by atoms with Crippen LogP contribution in [0.4, 0.5) is 5.69 Å². The Morgan fingerprint density at radius 3 is 2.83 bits per heavy atom. The van der Waals surface area contributed by atoms with Crippen LogP contribution in [0.5, 0.6) is 0 Å².